The van der Waals surface area contributed by atoms with Crippen LogP contribution in [0.3, 0.4) is 0 Å². The molecule has 80 valence electrons. The third kappa shape index (κ3) is 2.13. The van der Waals surface area contributed by atoms with Gasteiger partial charge in [0.15, 0.2) is 0 Å². The van der Waals surface area contributed by atoms with Gasteiger partial charge >= 0.3 is 0 Å². The van der Waals surface area contributed by atoms with Gasteiger partial charge in [-0.25, -0.2) is 0 Å². The minimum Gasteiger partial charge on any atom is -0.381 e. The summed E-state index contributed by atoms with van der Waals surface area (Å²) in [6, 6.07) is 0. The van der Waals surface area contributed by atoms with Crippen LogP contribution in [-0.4, -0.2) is 37.1 Å². The van der Waals surface area contributed by atoms with E-state index in [1.165, 1.54) is 0 Å². The predicted octanol–water partition coefficient (Wildman–Crippen LogP) is 0.389. The van der Waals surface area contributed by atoms with Crippen LogP contribution in [0.4, 0.5) is 0 Å². The van der Waals surface area contributed by atoms with Crippen LogP contribution in [0.25, 0.3) is 0 Å². The van der Waals surface area contributed by atoms with Crippen LogP contribution in [0.1, 0.15) is 12.8 Å². The molecule has 0 radical (unpaired) electrons. The first kappa shape index (κ1) is 9.67. The van der Waals surface area contributed by atoms with E-state index < -0.39 is 11.2 Å². The predicted molar refractivity (Wildman–Crippen MR) is 45.2 cm³/mol. The number of fused-ring (bicyclic) bond motifs is 2. The van der Waals surface area contributed by atoms with Crippen LogP contribution in [0.15, 0.2) is 0 Å². The van der Waals surface area contributed by atoms with Crippen molar-refractivity contribution < 1.29 is 19.4 Å². The van der Waals surface area contributed by atoms with Gasteiger partial charge in [0.25, 0.3) is 5.09 Å². The first-order valence-corrected chi connectivity index (χ1v) is 4.76. The summed E-state index contributed by atoms with van der Waals surface area (Å²) in [5, 5.41) is 9.45. The van der Waals surface area contributed by atoms with Gasteiger partial charge in [-0.3, -0.25) is 0 Å². The zero-order valence-electron chi connectivity index (χ0n) is 7.76. The van der Waals surface area contributed by atoms with Gasteiger partial charge < -0.3 is 14.3 Å². The second kappa shape index (κ2) is 4.10. The first-order valence-electron chi connectivity index (χ1n) is 4.76. The number of ether oxygens (including phenoxy) is 2. The highest BCUT2D eigenvalue weighted by Gasteiger charge is 2.35. The van der Waals surface area contributed by atoms with Gasteiger partial charge in [-0.2, -0.15) is 0 Å². The summed E-state index contributed by atoms with van der Waals surface area (Å²) in [4.78, 5) is 14.8. The highest BCUT2D eigenvalue weighted by molar-refractivity contribution is 4.80. The van der Waals surface area contributed by atoms with Gasteiger partial charge in [0.2, 0.25) is 0 Å². The van der Waals surface area contributed by atoms with Crippen LogP contribution in [0, 0.1) is 16.0 Å². The molecule has 3 atom stereocenters. The lowest BCUT2D eigenvalue weighted by molar-refractivity contribution is -0.772. The average molecular weight is 203 g/mol. The quantitative estimate of drug-likeness (QED) is 0.479. The summed E-state index contributed by atoms with van der Waals surface area (Å²) in [5.74, 6) is 0.0987. The number of nitrogens with zero attached hydrogens (tertiary/aromatic N) is 1. The first-order chi connectivity index (χ1) is 6.75. The van der Waals surface area contributed by atoms with Crippen LogP contribution < -0.4 is 0 Å². The monoisotopic (exact) mass is 203 g/mol. The molecule has 0 aliphatic carbocycles. The van der Waals surface area contributed by atoms with Crippen molar-refractivity contribution in [3.8, 4) is 0 Å². The van der Waals surface area contributed by atoms with E-state index in [0.717, 1.165) is 12.8 Å². The van der Waals surface area contributed by atoms with E-state index in [-0.39, 0.29) is 12.0 Å². The summed E-state index contributed by atoms with van der Waals surface area (Å²) in [6.07, 6.45) is 1.41. The van der Waals surface area contributed by atoms with Crippen LogP contribution in [0.2, 0.25) is 0 Å². The van der Waals surface area contributed by atoms with Crippen molar-refractivity contribution in [3.63, 3.8) is 0 Å². The highest BCUT2D eigenvalue weighted by Crippen LogP contribution is 2.27. The summed E-state index contributed by atoms with van der Waals surface area (Å²) < 4.78 is 10.8. The smallest absolute Gasteiger partial charge is 0.294 e. The molecule has 0 saturated carbocycles. The zero-order chi connectivity index (χ0) is 9.97. The Bertz CT molecular complexity index is 222. The minimum atomic E-state index is -0.751. The maximum Gasteiger partial charge on any atom is 0.294 e. The number of hydrogen-bond donors (Lipinski definition) is 0. The average Bonchev–Trinajstić information content (AvgIpc) is 2.33. The summed E-state index contributed by atoms with van der Waals surface area (Å²) in [6.45, 7) is 1.52. The molecule has 2 aliphatic rings. The third-order valence-electron chi connectivity index (χ3n) is 2.73. The van der Waals surface area contributed by atoms with Crippen molar-refractivity contribution in [1.82, 2.24) is 0 Å². The van der Waals surface area contributed by atoms with E-state index >= 15 is 0 Å². The molecular weight excluding hydrogens is 190 g/mol. The summed E-state index contributed by atoms with van der Waals surface area (Å²) >= 11 is 0. The maximum atomic E-state index is 10.2. The molecule has 2 heterocycles. The lowest BCUT2D eigenvalue weighted by atomic mass is 9.93. The largest absolute Gasteiger partial charge is 0.381 e. The van der Waals surface area contributed by atoms with Crippen molar-refractivity contribution in [2.45, 2.75) is 25.0 Å². The van der Waals surface area contributed by atoms with E-state index in [2.05, 4.69) is 4.84 Å². The van der Waals surface area contributed by atoms with Crippen molar-refractivity contribution in [2.75, 3.05) is 19.8 Å². The Labute approximate surface area is 81.2 Å². The molecule has 0 amide bonds. The number of hydrogen-bond acceptors (Lipinski definition) is 5. The Kier molecular flexibility index (Phi) is 2.83. The third-order valence-corrected chi connectivity index (χ3v) is 2.73. The fourth-order valence-corrected chi connectivity index (χ4v) is 1.98. The molecule has 0 spiro atoms. The highest BCUT2D eigenvalue weighted by atomic mass is 17.0. The maximum absolute atomic E-state index is 10.2. The molecule has 2 saturated heterocycles. The molecular formula is C8H13NO5. The van der Waals surface area contributed by atoms with Gasteiger partial charge in [0.05, 0.1) is 19.3 Å². The Morgan fingerprint density at radius 1 is 1.43 bits per heavy atom. The molecule has 14 heavy (non-hydrogen) atoms. The molecule has 0 aromatic heterocycles. The molecule has 2 aliphatic heterocycles. The molecule has 0 aromatic carbocycles. The van der Waals surface area contributed by atoms with Crippen molar-refractivity contribution in [2.24, 2.45) is 5.92 Å². The van der Waals surface area contributed by atoms with Gasteiger partial charge in [0.1, 0.15) is 6.10 Å². The molecule has 2 fully saturated rings. The van der Waals surface area contributed by atoms with Gasteiger partial charge in [-0.15, -0.1) is 10.1 Å². The van der Waals surface area contributed by atoms with E-state index in [9.17, 15) is 10.1 Å². The van der Waals surface area contributed by atoms with Crippen molar-refractivity contribution in [3.05, 3.63) is 10.1 Å². The lowest BCUT2D eigenvalue weighted by Crippen LogP contribution is -2.40. The van der Waals surface area contributed by atoms with E-state index in [1.54, 1.807) is 0 Å². The van der Waals surface area contributed by atoms with Crippen LogP contribution >= 0.6 is 0 Å². The second-order valence-electron chi connectivity index (χ2n) is 3.68. The molecule has 6 nitrogen and oxygen atoms in total. The lowest BCUT2D eigenvalue weighted by Gasteiger charge is -2.31. The van der Waals surface area contributed by atoms with Crippen LogP contribution in [0.5, 0.6) is 0 Å². The fraction of sp³-hybridized carbons (Fsp3) is 1.00. The Morgan fingerprint density at radius 2 is 2.29 bits per heavy atom. The van der Waals surface area contributed by atoms with Gasteiger partial charge in [-0.05, 0) is 12.8 Å². The molecule has 0 aromatic rings. The minimum absolute atomic E-state index is 0.0987. The van der Waals surface area contributed by atoms with Crippen molar-refractivity contribution >= 4 is 0 Å². The molecule has 0 N–H and O–H groups in total. The second-order valence-corrected chi connectivity index (χ2v) is 3.68. The van der Waals surface area contributed by atoms with Gasteiger partial charge in [0, 0.05) is 12.5 Å². The SMILES string of the molecule is O=[N+]([O-])OC1CO[C@@H]2CCOC[C@H]1C2. The standard InChI is InChI=1S/C8H13NO5/c10-9(11)14-8-5-13-7-1-2-12-4-6(8)3-7/h6-8H,1-5H2/t6-,7-,8?/m1/s1. The number of rotatable bonds is 2. The molecule has 6 heteroatoms. The Hall–Kier alpha value is -0.880. The molecule has 1 unspecified atom stereocenters. The topological polar surface area (TPSA) is 70.8 Å². The van der Waals surface area contributed by atoms with E-state index in [4.69, 9.17) is 9.47 Å². The van der Waals surface area contributed by atoms with Crippen molar-refractivity contribution in [1.29, 1.82) is 0 Å². The molecule has 2 rings (SSSR count). The fourth-order valence-electron chi connectivity index (χ4n) is 1.98. The summed E-state index contributed by atoms with van der Waals surface area (Å²) in [7, 11) is 0. The van der Waals surface area contributed by atoms with Crippen LogP contribution in [-0.2, 0) is 14.3 Å². The zero-order valence-corrected chi connectivity index (χ0v) is 7.76. The summed E-state index contributed by atoms with van der Waals surface area (Å²) in [5.41, 5.74) is 0. The van der Waals surface area contributed by atoms with E-state index in [1.807, 2.05) is 0 Å². The Balaban J connectivity index is 1.96. The normalized spacial score (nSPS) is 37.3. The molecule has 2 bridgehead atoms. The Morgan fingerprint density at radius 3 is 3.07 bits per heavy atom. The van der Waals surface area contributed by atoms with E-state index in [0.29, 0.717) is 19.8 Å². The van der Waals surface area contributed by atoms with Gasteiger partial charge in [-0.1, -0.05) is 0 Å².